The third-order valence-corrected chi connectivity index (χ3v) is 6.96. The first kappa shape index (κ1) is 27.7. The van der Waals surface area contributed by atoms with Gasteiger partial charge in [-0.1, -0.05) is 0 Å². The van der Waals surface area contributed by atoms with Crippen molar-refractivity contribution in [2.75, 3.05) is 25.1 Å². The highest BCUT2D eigenvalue weighted by Crippen LogP contribution is 2.27. The summed E-state index contributed by atoms with van der Waals surface area (Å²) in [5.74, 6) is 1.15. The molecule has 2 heterocycles. The summed E-state index contributed by atoms with van der Waals surface area (Å²) in [7, 11) is 1.59. The smallest absolute Gasteiger partial charge is 0.407 e. The van der Waals surface area contributed by atoms with Gasteiger partial charge >= 0.3 is 6.09 Å². The van der Waals surface area contributed by atoms with Crippen LogP contribution in [0.3, 0.4) is 0 Å². The first-order chi connectivity index (χ1) is 19.6. The van der Waals surface area contributed by atoms with Crippen molar-refractivity contribution in [2.45, 2.75) is 45.3 Å². The molecule has 1 N–H and O–H groups in total. The molecule has 1 amide bonds. The van der Waals surface area contributed by atoms with Crippen LogP contribution in [-0.4, -0.2) is 47.5 Å². The van der Waals surface area contributed by atoms with E-state index in [1.165, 1.54) is 0 Å². The average Bonchev–Trinajstić information content (AvgIpc) is 2.96. The van der Waals surface area contributed by atoms with Crippen molar-refractivity contribution in [3.05, 3.63) is 82.6 Å². The monoisotopic (exact) mass is 551 g/mol. The van der Waals surface area contributed by atoms with Gasteiger partial charge in [-0.15, -0.1) is 0 Å². The summed E-state index contributed by atoms with van der Waals surface area (Å²) in [5, 5.41) is 12.7. The number of hydrogen-bond donors (Lipinski definition) is 1. The van der Waals surface area contributed by atoms with Crippen molar-refractivity contribution in [3.8, 4) is 28.9 Å². The summed E-state index contributed by atoms with van der Waals surface area (Å²) in [4.78, 5) is 33.5. The fourth-order valence-corrected chi connectivity index (χ4v) is 5.03. The topological polar surface area (TPSA) is 109 Å². The number of anilines is 1. The van der Waals surface area contributed by atoms with E-state index in [1.807, 2.05) is 51.1 Å². The summed E-state index contributed by atoms with van der Waals surface area (Å²) >= 11 is 0. The number of rotatable bonds is 5. The van der Waals surface area contributed by atoms with Crippen LogP contribution in [0.5, 0.6) is 5.75 Å². The van der Waals surface area contributed by atoms with Crippen LogP contribution in [0.25, 0.3) is 28.0 Å². The van der Waals surface area contributed by atoms with Gasteiger partial charge in [0.05, 0.1) is 35.3 Å². The van der Waals surface area contributed by atoms with Crippen LogP contribution in [-0.2, 0) is 4.74 Å². The molecule has 1 aromatic heterocycles. The van der Waals surface area contributed by atoms with Gasteiger partial charge in [0.2, 0.25) is 0 Å². The van der Waals surface area contributed by atoms with E-state index in [9.17, 15) is 14.9 Å². The Morgan fingerprint density at radius 2 is 1.76 bits per heavy atom. The van der Waals surface area contributed by atoms with Gasteiger partial charge in [0.1, 0.15) is 17.2 Å². The molecule has 0 aliphatic carbocycles. The molecule has 3 aromatic carbocycles. The Morgan fingerprint density at radius 1 is 1.05 bits per heavy atom. The van der Waals surface area contributed by atoms with Crippen molar-refractivity contribution in [3.63, 3.8) is 0 Å². The predicted molar refractivity (Wildman–Crippen MR) is 159 cm³/mol. The SMILES string of the molecule is COc1ccc(-n2c(-c3ccc(C#N)cc3)nc3cc(N4CCC[C@H](NC(=O)OC(C)(C)C)C4)ccc3c2=O)cc1. The van der Waals surface area contributed by atoms with Gasteiger partial charge < -0.3 is 19.7 Å². The third-order valence-electron chi connectivity index (χ3n) is 6.96. The lowest BCUT2D eigenvalue weighted by Gasteiger charge is -2.35. The highest BCUT2D eigenvalue weighted by molar-refractivity contribution is 5.84. The van der Waals surface area contributed by atoms with E-state index in [2.05, 4.69) is 16.3 Å². The number of aromatic nitrogens is 2. The number of hydrogen-bond acceptors (Lipinski definition) is 7. The number of alkyl carbamates (subject to hydrolysis) is 1. The van der Waals surface area contributed by atoms with E-state index in [4.69, 9.17) is 14.5 Å². The quantitative estimate of drug-likeness (QED) is 0.352. The maximum absolute atomic E-state index is 13.9. The number of nitriles is 1. The highest BCUT2D eigenvalue weighted by atomic mass is 16.6. The molecule has 210 valence electrons. The van der Waals surface area contributed by atoms with Crippen LogP contribution < -0.4 is 20.5 Å². The fraction of sp³-hybridized carbons (Fsp3) is 0.312. The zero-order chi connectivity index (χ0) is 29.1. The molecule has 41 heavy (non-hydrogen) atoms. The molecule has 0 unspecified atom stereocenters. The minimum atomic E-state index is -0.562. The van der Waals surface area contributed by atoms with Crippen LogP contribution >= 0.6 is 0 Å². The van der Waals surface area contributed by atoms with Crippen LogP contribution in [0.4, 0.5) is 10.5 Å². The van der Waals surface area contributed by atoms with E-state index >= 15 is 0 Å². The summed E-state index contributed by atoms with van der Waals surface area (Å²) in [6.45, 7) is 6.98. The van der Waals surface area contributed by atoms with Crippen molar-refractivity contribution in [2.24, 2.45) is 0 Å². The number of carbonyl (C=O) groups is 1. The maximum atomic E-state index is 13.9. The number of carbonyl (C=O) groups excluding carboxylic acids is 1. The van der Waals surface area contributed by atoms with E-state index < -0.39 is 11.7 Å². The number of fused-ring (bicyclic) bond motifs is 1. The molecule has 1 aliphatic rings. The highest BCUT2D eigenvalue weighted by Gasteiger charge is 2.25. The van der Waals surface area contributed by atoms with Gasteiger partial charge in [-0.3, -0.25) is 9.36 Å². The van der Waals surface area contributed by atoms with Crippen molar-refractivity contribution >= 4 is 22.7 Å². The second-order valence-corrected chi connectivity index (χ2v) is 11.1. The minimum Gasteiger partial charge on any atom is -0.497 e. The molecule has 0 saturated carbocycles. The number of nitrogens with one attached hydrogen (secondary N) is 1. The average molecular weight is 552 g/mol. The second-order valence-electron chi connectivity index (χ2n) is 11.1. The molecule has 0 radical (unpaired) electrons. The number of benzene rings is 3. The first-order valence-electron chi connectivity index (χ1n) is 13.6. The Balaban J connectivity index is 1.53. The standard InChI is InChI=1S/C32H33N5O4/c1-32(2,3)41-31(39)34-23-6-5-17-36(20-23)25-13-16-27-28(18-25)35-29(22-9-7-21(19-33)8-10-22)37(30(27)38)24-11-14-26(40-4)15-12-24/h7-16,18,23H,5-6,17,20H2,1-4H3,(H,34,39)/t23-/m0/s1. The molecular formula is C32H33N5O4. The van der Waals surface area contributed by atoms with E-state index in [0.717, 1.165) is 25.1 Å². The molecular weight excluding hydrogens is 518 g/mol. The van der Waals surface area contributed by atoms with E-state index in [0.29, 0.717) is 45.8 Å². The van der Waals surface area contributed by atoms with Gasteiger partial charge in [0.15, 0.2) is 0 Å². The fourth-order valence-electron chi connectivity index (χ4n) is 5.03. The lowest BCUT2D eigenvalue weighted by molar-refractivity contribution is 0.0500. The van der Waals surface area contributed by atoms with Crippen molar-refractivity contribution < 1.29 is 14.3 Å². The Hall–Kier alpha value is -4.84. The Kier molecular flexibility index (Phi) is 7.66. The van der Waals surface area contributed by atoms with Crippen LogP contribution in [0.2, 0.25) is 0 Å². The van der Waals surface area contributed by atoms with Gasteiger partial charge in [-0.25, -0.2) is 9.78 Å². The molecule has 4 aromatic rings. The lowest BCUT2D eigenvalue weighted by atomic mass is 10.0. The predicted octanol–water partition coefficient (Wildman–Crippen LogP) is 5.43. The van der Waals surface area contributed by atoms with Crippen molar-refractivity contribution in [1.82, 2.24) is 14.9 Å². The summed E-state index contributed by atoms with van der Waals surface area (Å²) in [5.41, 5.74) is 2.62. The van der Waals surface area contributed by atoms with Gasteiger partial charge in [0, 0.05) is 30.4 Å². The maximum Gasteiger partial charge on any atom is 0.407 e. The minimum absolute atomic E-state index is 0.0560. The third kappa shape index (κ3) is 6.17. The first-order valence-corrected chi connectivity index (χ1v) is 13.6. The number of piperidine rings is 1. The van der Waals surface area contributed by atoms with E-state index in [-0.39, 0.29) is 11.6 Å². The van der Waals surface area contributed by atoms with E-state index in [1.54, 1.807) is 48.1 Å². The normalized spacial score (nSPS) is 15.3. The van der Waals surface area contributed by atoms with Crippen LogP contribution in [0.15, 0.2) is 71.5 Å². The zero-order valence-electron chi connectivity index (χ0n) is 23.7. The molecule has 1 aliphatic heterocycles. The molecule has 5 rings (SSSR count). The van der Waals surface area contributed by atoms with Crippen molar-refractivity contribution in [1.29, 1.82) is 5.26 Å². The largest absolute Gasteiger partial charge is 0.497 e. The summed E-state index contributed by atoms with van der Waals surface area (Å²) < 4.78 is 12.3. The molecule has 9 heteroatoms. The Labute approximate surface area is 239 Å². The Bertz CT molecular complexity index is 1660. The van der Waals surface area contributed by atoms with Gasteiger partial charge in [0.25, 0.3) is 5.56 Å². The summed E-state index contributed by atoms with van der Waals surface area (Å²) in [6, 6.07) is 22.0. The molecule has 1 fully saturated rings. The van der Waals surface area contributed by atoms with Gasteiger partial charge in [-0.2, -0.15) is 5.26 Å². The lowest BCUT2D eigenvalue weighted by Crippen LogP contribution is -2.49. The van der Waals surface area contributed by atoms with Crippen LogP contribution in [0, 0.1) is 11.3 Å². The molecule has 1 saturated heterocycles. The second kappa shape index (κ2) is 11.3. The van der Waals surface area contributed by atoms with Gasteiger partial charge in [-0.05, 0) is 100 Å². The molecule has 9 nitrogen and oxygen atoms in total. The number of methoxy groups -OCH3 is 1. The summed E-state index contributed by atoms with van der Waals surface area (Å²) in [6.07, 6.45) is 1.34. The number of amides is 1. The number of nitrogens with zero attached hydrogens (tertiary/aromatic N) is 4. The molecule has 0 bridgehead atoms. The van der Waals surface area contributed by atoms with Crippen LogP contribution in [0.1, 0.15) is 39.2 Å². The zero-order valence-corrected chi connectivity index (χ0v) is 23.7. The molecule has 1 atom stereocenters. The molecule has 0 spiro atoms. The Morgan fingerprint density at radius 3 is 2.41 bits per heavy atom. The number of ether oxygens (including phenoxy) is 2.